The molecule has 1 fully saturated rings. The summed E-state index contributed by atoms with van der Waals surface area (Å²) in [5.74, 6) is 2.89. The number of rotatable bonds is 5. The van der Waals surface area contributed by atoms with Gasteiger partial charge in [0.2, 0.25) is 0 Å². The smallest absolute Gasteiger partial charge is 0.275 e. The first kappa shape index (κ1) is 19.2. The molecule has 1 aliphatic rings. The molecule has 1 aromatic carbocycles. The number of nitrogens with zero attached hydrogens (tertiary/aromatic N) is 2. The average Bonchev–Trinajstić information content (AvgIpc) is 3.35. The zero-order chi connectivity index (χ0) is 19.5. The number of nitrogens with one attached hydrogen (secondary N) is 1. The molecule has 0 spiro atoms. The Hall–Kier alpha value is -2.09. The predicted octanol–water partition coefficient (Wildman–Crippen LogP) is 4.82. The molecule has 0 saturated carbocycles. The maximum atomic E-state index is 12.9. The van der Waals surface area contributed by atoms with Crippen LogP contribution in [0.4, 0.5) is 5.69 Å². The fraction of sp³-hybridized carbons (Fsp3) is 0.333. The molecule has 0 aliphatic carbocycles. The van der Waals surface area contributed by atoms with Gasteiger partial charge in [0.05, 0.1) is 6.26 Å². The van der Waals surface area contributed by atoms with E-state index in [-0.39, 0.29) is 5.91 Å². The first-order valence-electron chi connectivity index (χ1n) is 9.33. The fourth-order valence-corrected chi connectivity index (χ4v) is 5.14. The predicted molar refractivity (Wildman–Crippen MR) is 116 cm³/mol. The number of aromatic nitrogens is 1. The van der Waals surface area contributed by atoms with Gasteiger partial charge < -0.3 is 9.73 Å². The fourth-order valence-electron chi connectivity index (χ4n) is 3.28. The van der Waals surface area contributed by atoms with Gasteiger partial charge in [0.15, 0.2) is 10.8 Å². The van der Waals surface area contributed by atoms with Crippen LogP contribution in [0.5, 0.6) is 0 Å². The monoisotopic (exact) mass is 413 g/mol. The first-order chi connectivity index (χ1) is 13.6. The van der Waals surface area contributed by atoms with Gasteiger partial charge in [-0.2, -0.15) is 11.8 Å². The van der Waals surface area contributed by atoms with Gasteiger partial charge in [-0.05, 0) is 43.2 Å². The van der Waals surface area contributed by atoms with Crippen LogP contribution in [-0.4, -0.2) is 40.4 Å². The molecule has 3 aromatic rings. The molecule has 0 radical (unpaired) electrons. The van der Waals surface area contributed by atoms with E-state index >= 15 is 0 Å². The van der Waals surface area contributed by atoms with Crippen molar-refractivity contribution in [3.05, 3.63) is 58.3 Å². The third kappa shape index (κ3) is 4.16. The van der Waals surface area contributed by atoms with Crippen molar-refractivity contribution in [3.8, 4) is 10.8 Å². The molecule has 3 heterocycles. The summed E-state index contributed by atoms with van der Waals surface area (Å²) in [5.41, 5.74) is 3.68. The number of benzene rings is 1. The van der Waals surface area contributed by atoms with Crippen LogP contribution in [0.2, 0.25) is 0 Å². The minimum atomic E-state index is -0.179. The van der Waals surface area contributed by atoms with Crippen molar-refractivity contribution in [1.29, 1.82) is 0 Å². The lowest BCUT2D eigenvalue weighted by molar-refractivity contribution is 0.102. The van der Waals surface area contributed by atoms with E-state index in [1.807, 2.05) is 43.0 Å². The second kappa shape index (κ2) is 8.51. The van der Waals surface area contributed by atoms with Gasteiger partial charge in [0.25, 0.3) is 5.91 Å². The molecular formula is C21H23N3O2S2. The summed E-state index contributed by atoms with van der Waals surface area (Å²) >= 11 is 3.48. The Labute approximate surface area is 173 Å². The Morgan fingerprint density at radius 1 is 1.21 bits per heavy atom. The summed E-state index contributed by atoms with van der Waals surface area (Å²) in [6.07, 6.45) is 1.61. The molecule has 0 bridgehead atoms. The summed E-state index contributed by atoms with van der Waals surface area (Å²) in [7, 11) is 0. The number of carbonyl (C=O) groups excluding carboxylic acids is 1. The van der Waals surface area contributed by atoms with Crippen molar-refractivity contribution in [3.63, 3.8) is 0 Å². The summed E-state index contributed by atoms with van der Waals surface area (Å²) in [6, 6.07) is 9.79. The lowest BCUT2D eigenvalue weighted by atomic mass is 10.1. The van der Waals surface area contributed by atoms with E-state index < -0.39 is 0 Å². The molecule has 1 aliphatic heterocycles. The Morgan fingerprint density at radius 3 is 2.79 bits per heavy atom. The van der Waals surface area contributed by atoms with E-state index in [9.17, 15) is 4.79 Å². The second-order valence-corrected chi connectivity index (χ2v) is 9.26. The molecule has 5 nitrogen and oxygen atoms in total. The van der Waals surface area contributed by atoms with Crippen molar-refractivity contribution in [1.82, 2.24) is 9.88 Å². The number of anilines is 1. The second-order valence-electron chi connectivity index (χ2n) is 6.83. The average molecular weight is 414 g/mol. The standard InChI is InChI=1S/C21H23N3O2S2/c1-14-16(13-24-8-11-27-12-9-24)5-3-6-17(14)22-20(25)19-15(2)28-21(23-19)18-7-4-10-26-18/h3-7,10H,8-9,11-13H2,1-2H3,(H,22,25). The summed E-state index contributed by atoms with van der Waals surface area (Å²) in [6.45, 7) is 7.15. The van der Waals surface area contributed by atoms with Gasteiger partial charge in [-0.25, -0.2) is 4.98 Å². The van der Waals surface area contributed by atoms with Crippen LogP contribution < -0.4 is 5.32 Å². The van der Waals surface area contributed by atoms with Crippen LogP contribution in [-0.2, 0) is 6.54 Å². The molecule has 4 rings (SSSR count). The summed E-state index contributed by atoms with van der Waals surface area (Å²) in [4.78, 5) is 20.7. The van der Waals surface area contributed by atoms with Crippen molar-refractivity contribution >= 4 is 34.7 Å². The topological polar surface area (TPSA) is 58.4 Å². The Balaban J connectivity index is 1.51. The quantitative estimate of drug-likeness (QED) is 0.650. The van der Waals surface area contributed by atoms with Gasteiger partial charge >= 0.3 is 0 Å². The van der Waals surface area contributed by atoms with Crippen LogP contribution in [0.15, 0.2) is 41.0 Å². The molecule has 0 unspecified atom stereocenters. The molecule has 2 aromatic heterocycles. The minimum Gasteiger partial charge on any atom is -0.462 e. The maximum Gasteiger partial charge on any atom is 0.275 e. The molecule has 146 valence electrons. The summed E-state index contributed by atoms with van der Waals surface area (Å²) in [5, 5.41) is 3.78. The van der Waals surface area contributed by atoms with E-state index in [1.165, 1.54) is 28.4 Å². The molecular weight excluding hydrogens is 390 g/mol. The first-order valence-corrected chi connectivity index (χ1v) is 11.3. The molecule has 7 heteroatoms. The lowest BCUT2D eigenvalue weighted by Gasteiger charge is -2.27. The van der Waals surface area contributed by atoms with Crippen molar-refractivity contribution in [2.75, 3.05) is 29.9 Å². The van der Waals surface area contributed by atoms with E-state index in [1.54, 1.807) is 6.26 Å². The summed E-state index contributed by atoms with van der Waals surface area (Å²) < 4.78 is 5.40. The molecule has 1 N–H and O–H groups in total. The van der Waals surface area contributed by atoms with E-state index in [0.717, 1.165) is 40.8 Å². The van der Waals surface area contributed by atoms with Gasteiger partial charge in [-0.15, -0.1) is 11.3 Å². The van der Waals surface area contributed by atoms with Crippen LogP contribution in [0, 0.1) is 13.8 Å². The number of hydrogen-bond donors (Lipinski definition) is 1. The lowest BCUT2D eigenvalue weighted by Crippen LogP contribution is -2.32. The molecule has 1 amide bonds. The number of aryl methyl sites for hydroxylation is 1. The van der Waals surface area contributed by atoms with Crippen LogP contribution in [0.3, 0.4) is 0 Å². The van der Waals surface area contributed by atoms with Crippen LogP contribution >= 0.6 is 23.1 Å². The van der Waals surface area contributed by atoms with E-state index in [4.69, 9.17) is 4.42 Å². The Kier molecular flexibility index (Phi) is 5.85. The molecule has 28 heavy (non-hydrogen) atoms. The highest BCUT2D eigenvalue weighted by Gasteiger charge is 2.19. The van der Waals surface area contributed by atoms with Crippen LogP contribution in [0.1, 0.15) is 26.5 Å². The van der Waals surface area contributed by atoms with E-state index in [0.29, 0.717) is 11.5 Å². The third-order valence-electron chi connectivity index (χ3n) is 4.94. The number of carbonyl (C=O) groups is 1. The maximum absolute atomic E-state index is 12.9. The highest BCUT2D eigenvalue weighted by Crippen LogP contribution is 2.29. The van der Waals surface area contributed by atoms with Crippen LogP contribution in [0.25, 0.3) is 10.8 Å². The van der Waals surface area contributed by atoms with Crippen molar-refractivity contribution in [2.24, 2.45) is 0 Å². The van der Waals surface area contributed by atoms with Gasteiger partial charge in [-0.3, -0.25) is 9.69 Å². The zero-order valence-electron chi connectivity index (χ0n) is 16.0. The van der Waals surface area contributed by atoms with Gasteiger partial charge in [-0.1, -0.05) is 12.1 Å². The molecule has 0 atom stereocenters. The SMILES string of the molecule is Cc1sc(-c2ccco2)nc1C(=O)Nc1cccc(CN2CCSCC2)c1C. The Morgan fingerprint density at radius 2 is 2.04 bits per heavy atom. The number of thioether (sulfide) groups is 1. The van der Waals surface area contributed by atoms with Gasteiger partial charge in [0.1, 0.15) is 5.69 Å². The minimum absolute atomic E-state index is 0.179. The number of amides is 1. The van der Waals surface area contributed by atoms with E-state index in [2.05, 4.69) is 28.2 Å². The molecule has 1 saturated heterocycles. The van der Waals surface area contributed by atoms with Gasteiger partial charge in [0, 0.05) is 41.7 Å². The zero-order valence-corrected chi connectivity index (χ0v) is 17.7. The number of furan rings is 1. The van der Waals surface area contributed by atoms with Crippen molar-refractivity contribution in [2.45, 2.75) is 20.4 Å². The highest BCUT2D eigenvalue weighted by atomic mass is 32.2. The Bertz CT molecular complexity index is 960. The number of thiazole rings is 1. The normalized spacial score (nSPS) is 14.9. The largest absolute Gasteiger partial charge is 0.462 e. The van der Waals surface area contributed by atoms with Crippen molar-refractivity contribution < 1.29 is 9.21 Å². The number of hydrogen-bond acceptors (Lipinski definition) is 6. The third-order valence-corrected chi connectivity index (χ3v) is 6.86. The highest BCUT2D eigenvalue weighted by molar-refractivity contribution is 7.99.